The number of carbonyl (C=O) groups is 1. The third-order valence-electron chi connectivity index (χ3n) is 13.9. The van der Waals surface area contributed by atoms with Gasteiger partial charge >= 0.3 is 5.97 Å². The normalized spacial score (nSPS) is 23.4. The van der Waals surface area contributed by atoms with Gasteiger partial charge in [0.1, 0.15) is 11.6 Å². The molecule has 1 fully saturated rings. The SMILES string of the molecule is CCCCC[C@@H]1C=C[C@@H](CCCCC[C@H](C(=O)O)[C@H](O)CC[C@]2(O)C[C@H](Cc3ccnc(N)c3)C[C@H]2Cc2cc(CC)c(-c3cc(O)cc([O-])c3Cc3ccccc3)[nH]2)[C@H](O)C1. The molecular formula is C52H70N3O7-. The molecule has 8 N–H and O–H groups in total. The van der Waals surface area contributed by atoms with Crippen LogP contribution in [0, 0.1) is 29.6 Å². The second kappa shape index (κ2) is 22.1. The van der Waals surface area contributed by atoms with Crippen molar-refractivity contribution in [1.82, 2.24) is 9.97 Å². The zero-order valence-electron chi connectivity index (χ0n) is 36.9. The first-order valence-electron chi connectivity index (χ1n) is 23.3. The Labute approximate surface area is 368 Å². The molecule has 0 amide bonds. The fourth-order valence-electron chi connectivity index (χ4n) is 10.5. The molecule has 62 heavy (non-hydrogen) atoms. The van der Waals surface area contributed by atoms with Crippen molar-refractivity contribution >= 4 is 11.8 Å². The van der Waals surface area contributed by atoms with E-state index < -0.39 is 23.6 Å². The number of allylic oxidation sites excluding steroid dienone is 1. The van der Waals surface area contributed by atoms with Crippen LogP contribution in [0.5, 0.6) is 11.5 Å². The molecule has 2 aromatic carbocycles. The van der Waals surface area contributed by atoms with Gasteiger partial charge in [0.05, 0.1) is 23.7 Å². The predicted molar refractivity (Wildman–Crippen MR) is 244 cm³/mol. The molecule has 10 heteroatoms. The Hall–Kier alpha value is -4.64. The number of H-pyrrole nitrogens is 1. The fourth-order valence-corrected chi connectivity index (χ4v) is 10.5. The van der Waals surface area contributed by atoms with Crippen molar-refractivity contribution in [3.05, 3.63) is 107 Å². The van der Waals surface area contributed by atoms with Crippen LogP contribution in [0.25, 0.3) is 11.3 Å². The van der Waals surface area contributed by atoms with Crippen LogP contribution in [0.15, 0.2) is 79.0 Å². The topological polar surface area (TPSA) is 196 Å². The van der Waals surface area contributed by atoms with E-state index >= 15 is 0 Å². The number of nitrogen functional groups attached to an aromatic ring is 1. The number of phenols is 1. The molecule has 1 saturated carbocycles. The monoisotopic (exact) mass is 849 g/mol. The Morgan fingerprint density at radius 2 is 1.74 bits per heavy atom. The van der Waals surface area contributed by atoms with Crippen LogP contribution in [0.3, 0.4) is 0 Å². The Morgan fingerprint density at radius 1 is 0.952 bits per heavy atom. The van der Waals surface area contributed by atoms with Crippen molar-refractivity contribution in [3.63, 3.8) is 0 Å². The summed E-state index contributed by atoms with van der Waals surface area (Å²) in [5.41, 5.74) is 10.8. The third-order valence-corrected chi connectivity index (χ3v) is 13.9. The molecule has 10 nitrogen and oxygen atoms in total. The lowest BCUT2D eigenvalue weighted by atomic mass is 9.80. The molecule has 0 saturated heterocycles. The second-order valence-electron chi connectivity index (χ2n) is 18.6. The number of aliphatic hydroxyl groups excluding tert-OH is 2. The van der Waals surface area contributed by atoms with Crippen molar-refractivity contribution in [2.24, 2.45) is 29.6 Å². The molecular weight excluding hydrogens is 779 g/mol. The first-order valence-corrected chi connectivity index (χ1v) is 23.3. The predicted octanol–water partition coefficient (Wildman–Crippen LogP) is 9.06. The van der Waals surface area contributed by atoms with Gasteiger partial charge in [-0.1, -0.05) is 94.9 Å². The molecule has 2 aliphatic rings. The molecule has 2 heterocycles. The highest BCUT2D eigenvalue weighted by Crippen LogP contribution is 2.47. The van der Waals surface area contributed by atoms with Crippen molar-refractivity contribution in [2.45, 2.75) is 147 Å². The van der Waals surface area contributed by atoms with E-state index in [1.54, 1.807) is 12.3 Å². The van der Waals surface area contributed by atoms with E-state index in [1.165, 1.54) is 25.3 Å². The minimum Gasteiger partial charge on any atom is -0.872 e. The third kappa shape index (κ3) is 12.5. The van der Waals surface area contributed by atoms with Crippen molar-refractivity contribution in [1.29, 1.82) is 0 Å². The van der Waals surface area contributed by atoms with Gasteiger partial charge in [-0.05, 0) is 147 Å². The number of aromatic nitrogens is 2. The number of nitrogens with one attached hydrogen (secondary N) is 1. The van der Waals surface area contributed by atoms with Crippen LogP contribution in [0.1, 0.15) is 132 Å². The number of phenolic OH excluding ortho intramolecular Hbond substituents is 1. The van der Waals surface area contributed by atoms with Gasteiger partial charge in [-0.25, -0.2) is 4.98 Å². The molecule has 336 valence electrons. The summed E-state index contributed by atoms with van der Waals surface area (Å²) in [6.45, 7) is 4.26. The number of hydrogen-bond donors (Lipinski definition) is 7. The summed E-state index contributed by atoms with van der Waals surface area (Å²) in [5.74, 6) is -1.32. The molecule has 2 aliphatic carbocycles. The van der Waals surface area contributed by atoms with E-state index in [-0.39, 0.29) is 48.2 Å². The molecule has 0 spiro atoms. The average molecular weight is 849 g/mol. The van der Waals surface area contributed by atoms with Gasteiger partial charge in [-0.2, -0.15) is 0 Å². The van der Waals surface area contributed by atoms with Crippen LogP contribution in [0.2, 0.25) is 0 Å². The van der Waals surface area contributed by atoms with Gasteiger partial charge in [-0.3, -0.25) is 4.79 Å². The molecule has 2 aromatic heterocycles. The van der Waals surface area contributed by atoms with Crippen molar-refractivity contribution < 1.29 is 35.4 Å². The number of hydrogen-bond acceptors (Lipinski definition) is 8. The summed E-state index contributed by atoms with van der Waals surface area (Å²) in [4.78, 5) is 20.3. The number of aliphatic carboxylic acids is 1. The van der Waals surface area contributed by atoms with Crippen molar-refractivity contribution in [3.8, 4) is 22.8 Å². The highest BCUT2D eigenvalue weighted by atomic mass is 16.4. The summed E-state index contributed by atoms with van der Waals surface area (Å²) in [5, 5.41) is 69.0. The van der Waals surface area contributed by atoms with Crippen LogP contribution >= 0.6 is 0 Å². The van der Waals surface area contributed by atoms with Gasteiger partial charge in [0.25, 0.3) is 0 Å². The Morgan fingerprint density at radius 3 is 2.47 bits per heavy atom. The Balaban J connectivity index is 1.12. The molecule has 0 unspecified atom stereocenters. The van der Waals surface area contributed by atoms with Crippen LogP contribution in [-0.4, -0.2) is 59.3 Å². The number of carboxylic acids is 1. The number of aromatic amines is 1. The first-order chi connectivity index (χ1) is 29.8. The second-order valence-corrected chi connectivity index (χ2v) is 18.6. The number of aromatic hydroxyl groups is 1. The van der Waals surface area contributed by atoms with Gasteiger partial charge in [0.15, 0.2) is 0 Å². The maximum atomic E-state index is 13.3. The summed E-state index contributed by atoms with van der Waals surface area (Å²) in [6, 6.07) is 18.6. The Bertz CT molecular complexity index is 2070. The smallest absolute Gasteiger partial charge is 0.309 e. The summed E-state index contributed by atoms with van der Waals surface area (Å²) in [6.07, 6.45) is 17.8. The molecule has 0 bridgehead atoms. The number of unbranched alkanes of at least 4 members (excludes halogenated alkanes) is 4. The van der Waals surface area contributed by atoms with Crippen LogP contribution in [-0.2, 0) is 30.5 Å². The molecule has 6 rings (SSSR count). The maximum Gasteiger partial charge on any atom is 0.309 e. The van der Waals surface area contributed by atoms with Gasteiger partial charge < -0.3 is 41.4 Å². The van der Waals surface area contributed by atoms with E-state index in [2.05, 4.69) is 42.0 Å². The average Bonchev–Trinajstić information content (AvgIpc) is 3.79. The number of carboxylic acid groups (broad SMARTS) is 1. The highest BCUT2D eigenvalue weighted by molar-refractivity contribution is 5.73. The number of anilines is 1. The lowest BCUT2D eigenvalue weighted by Gasteiger charge is -2.32. The van der Waals surface area contributed by atoms with Crippen molar-refractivity contribution in [2.75, 3.05) is 5.73 Å². The van der Waals surface area contributed by atoms with E-state index in [1.807, 2.05) is 42.5 Å². The molecule has 0 radical (unpaired) electrons. The fraction of sp³-hybridized carbons (Fsp3) is 0.538. The molecule has 0 aliphatic heterocycles. The maximum absolute atomic E-state index is 13.3. The quantitative estimate of drug-likeness (QED) is 0.0281. The largest absolute Gasteiger partial charge is 0.872 e. The molecule has 8 atom stereocenters. The number of aliphatic hydroxyl groups is 3. The van der Waals surface area contributed by atoms with E-state index in [9.17, 15) is 35.4 Å². The number of rotatable bonds is 23. The summed E-state index contributed by atoms with van der Waals surface area (Å²) < 4.78 is 0. The summed E-state index contributed by atoms with van der Waals surface area (Å²) >= 11 is 0. The van der Waals surface area contributed by atoms with Gasteiger partial charge in [0.2, 0.25) is 0 Å². The van der Waals surface area contributed by atoms with E-state index in [4.69, 9.17) is 5.73 Å². The lowest BCUT2D eigenvalue weighted by molar-refractivity contribution is -0.269. The minimum atomic E-state index is -1.17. The number of nitrogens with zero attached hydrogens (tertiary/aromatic N) is 1. The Kier molecular flexibility index (Phi) is 16.7. The lowest BCUT2D eigenvalue weighted by Crippen LogP contribution is -2.37. The minimum absolute atomic E-state index is 0.0919. The van der Waals surface area contributed by atoms with E-state index in [0.29, 0.717) is 74.2 Å². The first kappa shape index (κ1) is 46.9. The highest BCUT2D eigenvalue weighted by Gasteiger charge is 2.46. The number of benzene rings is 2. The van der Waals surface area contributed by atoms with Gasteiger partial charge in [-0.15, -0.1) is 5.75 Å². The van der Waals surface area contributed by atoms with Crippen LogP contribution in [0.4, 0.5) is 5.82 Å². The number of nitrogens with two attached hydrogens (primary N) is 1. The van der Waals surface area contributed by atoms with E-state index in [0.717, 1.165) is 60.2 Å². The standard InChI is InChI=1S/C52H71N3O7/c1-3-5-8-13-35-18-19-39(47(58)27-35)16-11-7-12-17-43(51(60)61)46(57)20-22-52(62)33-37(24-36-21-23-54-49(53)28-36)25-40(52)30-41-29-38(4-2)50(55-41)45-31-42(56)32-48(59)44(45)26-34-14-9-6-10-15-34/h6,9-10,14-15,18-19,21,23,28-29,31-32,35,37,39-40,43,46-47,55-59,62H,3-5,7-8,11-13,16-17,20,22,24-27,30,33H2,1-2H3,(H2,53,54)(H,60,61)/p-1/t35-,37-,39-,40+,43+,46-,47-,52+/m1/s1. The van der Waals surface area contributed by atoms with Gasteiger partial charge in [0, 0.05) is 29.1 Å². The zero-order chi connectivity index (χ0) is 44.2. The summed E-state index contributed by atoms with van der Waals surface area (Å²) in [7, 11) is 0. The molecule has 4 aromatic rings. The number of pyridine rings is 1. The zero-order valence-corrected chi connectivity index (χ0v) is 36.9. The van der Waals surface area contributed by atoms with Crippen LogP contribution < -0.4 is 10.8 Å². The number of aryl methyl sites for hydroxylation is 1.